The first kappa shape index (κ1) is 17.7. The lowest BCUT2D eigenvalue weighted by atomic mass is 10.2. The largest absolute Gasteiger partial charge is 0.459 e. The molecule has 0 radical (unpaired) electrons. The number of carbonyl (C=O) groups is 2. The van der Waals surface area contributed by atoms with Crippen molar-refractivity contribution in [1.82, 2.24) is 14.9 Å². The zero-order valence-electron chi connectivity index (χ0n) is 15.1. The van der Waals surface area contributed by atoms with Crippen molar-refractivity contribution in [3.63, 3.8) is 0 Å². The number of anilines is 2. The highest BCUT2D eigenvalue weighted by Crippen LogP contribution is 2.18. The third-order valence-corrected chi connectivity index (χ3v) is 4.57. The van der Waals surface area contributed by atoms with Gasteiger partial charge in [-0.3, -0.25) is 14.6 Å². The standard InChI is InChI=1S/C20H19N5O3/c26-19(15-5-7-21-8-6-15)23-16-3-4-18(22-14-16)24-9-11-25(12-10-24)20(27)17-2-1-13-28-17/h1-8,13-14H,9-12H2,(H,23,26). The van der Waals surface area contributed by atoms with E-state index in [2.05, 4.69) is 20.2 Å². The molecule has 0 atom stereocenters. The van der Waals surface area contributed by atoms with Crippen molar-refractivity contribution >= 4 is 23.3 Å². The van der Waals surface area contributed by atoms with Crippen molar-refractivity contribution in [3.8, 4) is 0 Å². The van der Waals surface area contributed by atoms with E-state index in [-0.39, 0.29) is 11.8 Å². The Morgan fingerprint density at radius 1 is 1.00 bits per heavy atom. The molecule has 1 aliphatic heterocycles. The molecular weight excluding hydrogens is 358 g/mol. The Hall–Kier alpha value is -3.68. The number of carbonyl (C=O) groups excluding carboxylic acids is 2. The van der Waals surface area contributed by atoms with E-state index in [0.29, 0.717) is 43.2 Å². The minimum atomic E-state index is -0.206. The minimum Gasteiger partial charge on any atom is -0.459 e. The molecule has 4 rings (SSSR count). The number of aromatic nitrogens is 2. The van der Waals surface area contributed by atoms with E-state index in [1.54, 1.807) is 47.8 Å². The Balaban J connectivity index is 1.33. The van der Waals surface area contributed by atoms with Gasteiger partial charge in [-0.15, -0.1) is 0 Å². The average molecular weight is 377 g/mol. The second-order valence-electron chi connectivity index (χ2n) is 6.35. The SMILES string of the molecule is O=C(Nc1ccc(N2CCN(C(=O)c3ccco3)CC2)nc1)c1ccncc1. The van der Waals surface area contributed by atoms with E-state index < -0.39 is 0 Å². The molecule has 0 spiro atoms. The van der Waals surface area contributed by atoms with E-state index in [9.17, 15) is 9.59 Å². The molecule has 1 N–H and O–H groups in total. The van der Waals surface area contributed by atoms with Gasteiger partial charge in [0.25, 0.3) is 11.8 Å². The second kappa shape index (κ2) is 7.91. The summed E-state index contributed by atoms with van der Waals surface area (Å²) in [4.78, 5) is 36.7. The van der Waals surface area contributed by atoms with Crippen molar-refractivity contribution in [2.24, 2.45) is 0 Å². The highest BCUT2D eigenvalue weighted by molar-refractivity contribution is 6.04. The number of rotatable bonds is 4. The van der Waals surface area contributed by atoms with Crippen LogP contribution < -0.4 is 10.2 Å². The van der Waals surface area contributed by atoms with Crippen molar-refractivity contribution in [1.29, 1.82) is 0 Å². The molecule has 142 valence electrons. The second-order valence-corrected chi connectivity index (χ2v) is 6.35. The molecule has 1 fully saturated rings. The molecule has 0 aromatic carbocycles. The van der Waals surface area contributed by atoms with Gasteiger partial charge in [-0.2, -0.15) is 0 Å². The van der Waals surface area contributed by atoms with Crippen LogP contribution in [0.2, 0.25) is 0 Å². The van der Waals surface area contributed by atoms with Gasteiger partial charge in [0, 0.05) is 44.1 Å². The lowest BCUT2D eigenvalue weighted by Crippen LogP contribution is -2.49. The normalized spacial score (nSPS) is 14.0. The highest BCUT2D eigenvalue weighted by atomic mass is 16.3. The van der Waals surface area contributed by atoms with Crippen LogP contribution in [-0.2, 0) is 0 Å². The Morgan fingerprint density at radius 3 is 2.43 bits per heavy atom. The van der Waals surface area contributed by atoms with Crippen molar-refractivity contribution in [3.05, 3.63) is 72.6 Å². The van der Waals surface area contributed by atoms with Crippen LogP contribution in [-0.4, -0.2) is 52.9 Å². The zero-order valence-corrected chi connectivity index (χ0v) is 15.1. The smallest absolute Gasteiger partial charge is 0.289 e. The topological polar surface area (TPSA) is 91.6 Å². The van der Waals surface area contributed by atoms with Crippen LogP contribution in [0.25, 0.3) is 0 Å². The maximum atomic E-state index is 12.3. The first-order valence-electron chi connectivity index (χ1n) is 8.96. The molecule has 0 saturated carbocycles. The molecule has 4 heterocycles. The first-order chi connectivity index (χ1) is 13.7. The molecule has 0 unspecified atom stereocenters. The van der Waals surface area contributed by atoms with Crippen LogP contribution in [0.4, 0.5) is 11.5 Å². The van der Waals surface area contributed by atoms with E-state index in [0.717, 1.165) is 5.82 Å². The van der Waals surface area contributed by atoms with Gasteiger partial charge in [0.15, 0.2) is 5.76 Å². The Labute approximate surface area is 161 Å². The number of amides is 2. The number of pyridine rings is 2. The third kappa shape index (κ3) is 3.85. The minimum absolute atomic E-state index is 0.0909. The van der Waals surface area contributed by atoms with Crippen LogP contribution in [0.15, 0.2) is 65.7 Å². The maximum absolute atomic E-state index is 12.3. The van der Waals surface area contributed by atoms with Crippen molar-refractivity contribution in [2.75, 3.05) is 36.4 Å². The van der Waals surface area contributed by atoms with Crippen molar-refractivity contribution in [2.45, 2.75) is 0 Å². The van der Waals surface area contributed by atoms with E-state index in [1.165, 1.54) is 6.26 Å². The van der Waals surface area contributed by atoms with Crippen LogP contribution in [0, 0.1) is 0 Å². The number of piperazine rings is 1. The fourth-order valence-corrected chi connectivity index (χ4v) is 3.05. The summed E-state index contributed by atoms with van der Waals surface area (Å²) in [6.45, 7) is 2.56. The van der Waals surface area contributed by atoms with Gasteiger partial charge < -0.3 is 19.5 Å². The van der Waals surface area contributed by atoms with Crippen molar-refractivity contribution < 1.29 is 14.0 Å². The Morgan fingerprint density at radius 2 is 1.79 bits per heavy atom. The molecule has 28 heavy (non-hydrogen) atoms. The number of hydrogen-bond acceptors (Lipinski definition) is 6. The van der Waals surface area contributed by atoms with E-state index >= 15 is 0 Å². The predicted octanol–water partition coefficient (Wildman–Crippen LogP) is 2.28. The number of hydrogen-bond donors (Lipinski definition) is 1. The summed E-state index contributed by atoms with van der Waals surface area (Å²) in [5, 5.41) is 2.81. The van der Waals surface area contributed by atoms with Crippen LogP contribution >= 0.6 is 0 Å². The molecule has 2 amide bonds. The summed E-state index contributed by atoms with van der Waals surface area (Å²) < 4.78 is 5.18. The summed E-state index contributed by atoms with van der Waals surface area (Å²) in [7, 11) is 0. The molecule has 1 saturated heterocycles. The van der Waals surface area contributed by atoms with Gasteiger partial charge in [-0.05, 0) is 36.4 Å². The van der Waals surface area contributed by atoms with Gasteiger partial charge in [0.05, 0.1) is 18.1 Å². The third-order valence-electron chi connectivity index (χ3n) is 4.57. The lowest BCUT2D eigenvalue weighted by molar-refractivity contribution is 0.0714. The summed E-state index contributed by atoms with van der Waals surface area (Å²) in [5.74, 6) is 0.877. The molecule has 0 aliphatic carbocycles. The highest BCUT2D eigenvalue weighted by Gasteiger charge is 2.24. The van der Waals surface area contributed by atoms with Gasteiger partial charge >= 0.3 is 0 Å². The summed E-state index contributed by atoms with van der Waals surface area (Å²) in [6.07, 6.45) is 6.29. The fraction of sp³-hybridized carbons (Fsp3) is 0.200. The fourth-order valence-electron chi connectivity index (χ4n) is 3.05. The number of furan rings is 1. The molecule has 3 aromatic heterocycles. The Bertz CT molecular complexity index is 934. The predicted molar refractivity (Wildman–Crippen MR) is 103 cm³/mol. The summed E-state index contributed by atoms with van der Waals surface area (Å²) in [5.41, 5.74) is 1.16. The van der Waals surface area contributed by atoms with E-state index in [4.69, 9.17) is 4.42 Å². The van der Waals surface area contributed by atoms with Gasteiger partial charge in [0.1, 0.15) is 5.82 Å². The van der Waals surface area contributed by atoms with Gasteiger partial charge in [-0.1, -0.05) is 0 Å². The Kier molecular flexibility index (Phi) is 5.01. The zero-order chi connectivity index (χ0) is 19.3. The maximum Gasteiger partial charge on any atom is 0.289 e. The summed E-state index contributed by atoms with van der Waals surface area (Å²) >= 11 is 0. The summed E-state index contributed by atoms with van der Waals surface area (Å²) in [6, 6.07) is 10.4. The first-order valence-corrected chi connectivity index (χ1v) is 8.96. The van der Waals surface area contributed by atoms with Crippen LogP contribution in [0.3, 0.4) is 0 Å². The molecule has 1 aliphatic rings. The lowest BCUT2D eigenvalue weighted by Gasteiger charge is -2.35. The quantitative estimate of drug-likeness (QED) is 0.750. The molecule has 8 nitrogen and oxygen atoms in total. The van der Waals surface area contributed by atoms with Crippen LogP contribution in [0.5, 0.6) is 0 Å². The number of nitrogens with zero attached hydrogens (tertiary/aromatic N) is 4. The average Bonchev–Trinajstić information content (AvgIpc) is 3.29. The molecule has 3 aromatic rings. The van der Waals surface area contributed by atoms with Gasteiger partial charge in [0.2, 0.25) is 0 Å². The number of nitrogens with one attached hydrogen (secondary N) is 1. The van der Waals surface area contributed by atoms with Crippen LogP contribution in [0.1, 0.15) is 20.9 Å². The molecule has 0 bridgehead atoms. The monoisotopic (exact) mass is 377 g/mol. The van der Waals surface area contributed by atoms with Gasteiger partial charge in [-0.25, -0.2) is 4.98 Å². The molecular formula is C20H19N5O3. The molecule has 8 heteroatoms. The van der Waals surface area contributed by atoms with E-state index in [1.807, 2.05) is 12.1 Å².